The van der Waals surface area contributed by atoms with Crippen molar-refractivity contribution in [2.45, 2.75) is 71.5 Å². The number of amides is 4. The Morgan fingerprint density at radius 3 is 2.33 bits per heavy atom. The highest BCUT2D eigenvalue weighted by Crippen LogP contribution is 2.19. The van der Waals surface area contributed by atoms with Gasteiger partial charge in [-0.2, -0.15) is 0 Å². The molecule has 0 radical (unpaired) electrons. The van der Waals surface area contributed by atoms with Crippen molar-refractivity contribution < 1.29 is 33.5 Å². The van der Waals surface area contributed by atoms with Gasteiger partial charge in [0.05, 0.1) is 12.6 Å². The van der Waals surface area contributed by atoms with Crippen LogP contribution in [-0.2, 0) is 14.4 Å². The summed E-state index contributed by atoms with van der Waals surface area (Å²) < 4.78 is 5.62. The maximum absolute atomic E-state index is 13.2. The van der Waals surface area contributed by atoms with Crippen molar-refractivity contribution in [3.05, 3.63) is 36.1 Å². The number of hydrogen-bond donors (Lipinski definition) is 3. The molecular formula is C28H39N4O7+. The van der Waals surface area contributed by atoms with Crippen LogP contribution in [0.5, 0.6) is 0 Å². The first kappa shape index (κ1) is 29.7. The maximum Gasteiger partial charge on any atom is 0.538 e. The topological polar surface area (TPSA) is 161 Å². The van der Waals surface area contributed by atoms with Crippen LogP contribution < -0.4 is 16.0 Å². The summed E-state index contributed by atoms with van der Waals surface area (Å²) in [5, 5.41) is 16.3. The summed E-state index contributed by atoms with van der Waals surface area (Å²) in [7, 11) is 0. The molecule has 11 heteroatoms. The minimum Gasteiger partial charge on any atom is -0.563 e. The predicted molar refractivity (Wildman–Crippen MR) is 145 cm³/mol. The lowest BCUT2D eigenvalue weighted by Crippen LogP contribution is -2.53. The van der Waals surface area contributed by atoms with E-state index in [1.165, 1.54) is 4.90 Å². The van der Waals surface area contributed by atoms with E-state index in [1.807, 2.05) is 39.8 Å². The van der Waals surface area contributed by atoms with E-state index in [9.17, 15) is 24.0 Å². The van der Waals surface area contributed by atoms with Crippen LogP contribution in [0.15, 0.2) is 34.7 Å². The fraction of sp³-hybridized carbons (Fsp3) is 0.536. The van der Waals surface area contributed by atoms with E-state index in [2.05, 4.69) is 16.0 Å². The molecule has 3 rings (SSSR count). The first-order valence-corrected chi connectivity index (χ1v) is 13.4. The van der Waals surface area contributed by atoms with Gasteiger partial charge < -0.3 is 30.4 Å². The van der Waals surface area contributed by atoms with E-state index in [1.54, 1.807) is 18.2 Å². The largest absolute Gasteiger partial charge is 0.563 e. The molecule has 0 bridgehead atoms. The highest BCUT2D eigenvalue weighted by molar-refractivity contribution is 6.00. The number of nitrogens with one attached hydrogen (secondary N) is 3. The van der Waals surface area contributed by atoms with Gasteiger partial charge in [-0.3, -0.25) is 14.4 Å². The van der Waals surface area contributed by atoms with Crippen LogP contribution in [0.1, 0.15) is 63.9 Å². The second-order valence-corrected chi connectivity index (χ2v) is 10.9. The summed E-state index contributed by atoms with van der Waals surface area (Å²) in [6.45, 7) is 7.65. The molecule has 1 aliphatic rings. The molecule has 1 aromatic heterocycles. The van der Waals surface area contributed by atoms with E-state index in [0.29, 0.717) is 31.3 Å². The molecule has 1 saturated heterocycles. The number of fused-ring (bicyclic) bond motifs is 1. The first-order valence-electron chi connectivity index (χ1n) is 13.4. The Balaban J connectivity index is 1.63. The quantitative estimate of drug-likeness (QED) is 0.389. The van der Waals surface area contributed by atoms with E-state index in [4.69, 9.17) is 9.52 Å². The van der Waals surface area contributed by atoms with Crippen molar-refractivity contribution in [3.8, 4) is 0 Å². The number of benzene rings is 1. The third kappa shape index (κ3) is 8.30. The van der Waals surface area contributed by atoms with Crippen molar-refractivity contribution in [1.82, 2.24) is 20.9 Å². The number of nitrogens with zero attached hydrogens (tertiary/aromatic N) is 1. The Labute approximate surface area is 227 Å². The zero-order valence-corrected chi connectivity index (χ0v) is 22.9. The monoisotopic (exact) mass is 543 g/mol. The summed E-state index contributed by atoms with van der Waals surface area (Å²) in [5.74, 6) is -1.97. The average Bonchev–Trinajstić information content (AvgIpc) is 3.21. The van der Waals surface area contributed by atoms with Crippen molar-refractivity contribution in [1.29, 1.82) is 0 Å². The van der Waals surface area contributed by atoms with Crippen LogP contribution in [0.4, 0.5) is 4.79 Å². The summed E-state index contributed by atoms with van der Waals surface area (Å²) in [6, 6.07) is 5.58. The number of rotatable bonds is 10. The molecule has 0 unspecified atom stereocenters. The number of ketones is 1. The number of carbonyl (C=O) groups excluding carboxylic acids is 5. The number of furan rings is 1. The number of Topliss-reactive ketones (excluding diaryl/α,β-unsaturated/α-hetero) is 1. The standard InChI is InChI=1S/C28H38N4O7/c1-16(2)12-20(30-26(35)24-14-18-8-5-6-10-23(18)39-24)25(34)29-19-9-7-11-32(15-22(19)33)28(38)31-21(27(36)37)13-17(3)4/h5-6,8,10,14,16-17,19-21H,7,9,11-13,15H2,1-4H3,(H,29,34)(H,30,35)(H,31,38)(H,36,37)/p+1/t19-,20-,21+/m0/s1. The molecule has 0 saturated carbocycles. The van der Waals surface area contributed by atoms with Crippen molar-refractivity contribution >= 4 is 40.6 Å². The minimum atomic E-state index is -0.946. The molecule has 0 aliphatic carbocycles. The predicted octanol–water partition coefficient (Wildman–Crippen LogP) is 2.10. The van der Waals surface area contributed by atoms with Gasteiger partial charge in [0, 0.05) is 16.7 Å². The molecule has 39 heavy (non-hydrogen) atoms. The molecule has 1 aromatic carbocycles. The van der Waals surface area contributed by atoms with Crippen LogP contribution in [-0.4, -0.2) is 70.8 Å². The average molecular weight is 544 g/mol. The zero-order valence-electron chi connectivity index (χ0n) is 22.9. The molecule has 11 nitrogen and oxygen atoms in total. The zero-order chi connectivity index (χ0) is 28.7. The second-order valence-electron chi connectivity index (χ2n) is 10.9. The van der Waals surface area contributed by atoms with Gasteiger partial charge in [-0.15, -0.1) is 0 Å². The van der Waals surface area contributed by atoms with E-state index in [-0.39, 0.29) is 36.5 Å². The maximum atomic E-state index is 13.2. The molecule has 1 aliphatic heterocycles. The highest BCUT2D eigenvalue weighted by Gasteiger charge is 2.34. The minimum absolute atomic E-state index is 0.0827. The van der Waals surface area contributed by atoms with Gasteiger partial charge in [0.25, 0.3) is 5.91 Å². The van der Waals surface area contributed by atoms with Gasteiger partial charge >= 0.3 is 12.0 Å². The van der Waals surface area contributed by atoms with E-state index < -0.39 is 41.9 Å². The van der Waals surface area contributed by atoms with Crippen LogP contribution in [0.25, 0.3) is 11.0 Å². The van der Waals surface area contributed by atoms with Gasteiger partial charge in [-0.05, 0) is 49.7 Å². The van der Waals surface area contributed by atoms with Crippen LogP contribution in [0, 0.1) is 11.8 Å². The lowest BCUT2D eigenvalue weighted by atomic mass is 10.0. The third-order valence-corrected chi connectivity index (χ3v) is 6.56. The molecular weight excluding hydrogens is 504 g/mol. The molecule has 0 spiro atoms. The molecule has 2 heterocycles. The normalized spacial score (nSPS) is 17.5. The SMILES string of the molecule is CC(C)C[C@H](NC(=O)c1cc2ccccc2o1)C(=O)N[C@H]1CCCN(C(=O)N[C@H](CC(C)C)C(=O)[OH2+])CC1=O. The van der Waals surface area contributed by atoms with Crippen LogP contribution >= 0.6 is 0 Å². The molecule has 212 valence electrons. The van der Waals surface area contributed by atoms with E-state index in [0.717, 1.165) is 5.39 Å². The number of carbonyl (C=O) groups is 5. The highest BCUT2D eigenvalue weighted by atomic mass is 16.4. The molecule has 1 fully saturated rings. The third-order valence-electron chi connectivity index (χ3n) is 6.56. The van der Waals surface area contributed by atoms with Gasteiger partial charge in [0.2, 0.25) is 5.91 Å². The second kappa shape index (κ2) is 13.3. The summed E-state index contributed by atoms with van der Waals surface area (Å²) in [5.41, 5.74) is 0.563. The number of hydrogen-bond acceptors (Lipinski definition) is 6. The van der Waals surface area contributed by atoms with Gasteiger partial charge in [0.15, 0.2) is 17.6 Å². The fourth-order valence-corrected chi connectivity index (χ4v) is 4.59. The lowest BCUT2D eigenvalue weighted by Gasteiger charge is -2.24. The summed E-state index contributed by atoms with van der Waals surface area (Å²) >= 11 is 0. The smallest absolute Gasteiger partial charge is 0.538 e. The fourth-order valence-electron chi connectivity index (χ4n) is 4.59. The Hall–Kier alpha value is -3.89. The number of para-hydroxylation sites is 1. The Morgan fingerprint density at radius 1 is 1.03 bits per heavy atom. The van der Waals surface area contributed by atoms with Gasteiger partial charge in [-0.1, -0.05) is 45.9 Å². The first-order chi connectivity index (χ1) is 18.4. The lowest BCUT2D eigenvalue weighted by molar-refractivity contribution is -0.139. The summed E-state index contributed by atoms with van der Waals surface area (Å²) in [4.78, 5) is 64.8. The van der Waals surface area contributed by atoms with Crippen molar-refractivity contribution in [3.63, 3.8) is 0 Å². The Morgan fingerprint density at radius 2 is 1.69 bits per heavy atom. The molecule has 3 atom stereocenters. The number of likely N-dealkylation sites (tertiary alicyclic amines) is 1. The van der Waals surface area contributed by atoms with Gasteiger partial charge in [-0.25, -0.2) is 4.79 Å². The van der Waals surface area contributed by atoms with Crippen LogP contribution in [0.2, 0.25) is 0 Å². The molecule has 4 amide bonds. The van der Waals surface area contributed by atoms with Crippen molar-refractivity contribution in [2.75, 3.05) is 13.1 Å². The van der Waals surface area contributed by atoms with Crippen LogP contribution in [0.3, 0.4) is 0 Å². The molecule has 2 aromatic rings. The Kier molecular flexibility index (Phi) is 10.1. The number of urea groups is 1. The van der Waals surface area contributed by atoms with E-state index >= 15 is 0 Å². The molecule has 5 N–H and O–H groups in total. The summed E-state index contributed by atoms with van der Waals surface area (Å²) in [6.07, 6.45) is 1.46. The Bertz CT molecular complexity index is 1170. The van der Waals surface area contributed by atoms with Gasteiger partial charge in [0.1, 0.15) is 11.6 Å². The van der Waals surface area contributed by atoms with Crippen molar-refractivity contribution in [2.24, 2.45) is 11.8 Å².